The molecule has 0 heterocycles. The van der Waals surface area contributed by atoms with Crippen LogP contribution < -0.4 is 62.0 Å². The van der Waals surface area contributed by atoms with Crippen molar-refractivity contribution < 1.29 is 79.1 Å². The van der Waals surface area contributed by atoms with Crippen molar-refractivity contribution in [3.05, 3.63) is 0 Å². The zero-order chi connectivity index (χ0) is 0. The summed E-state index contributed by atoms with van der Waals surface area (Å²) >= 11 is 0. The molecular formula is AlCl5FeMg. The van der Waals surface area contributed by atoms with Gasteiger partial charge in [-0.3, -0.25) is 0 Å². The van der Waals surface area contributed by atoms with E-state index in [1.54, 1.807) is 0 Å². The summed E-state index contributed by atoms with van der Waals surface area (Å²) in [5, 5.41) is 0. The molecule has 0 aliphatic carbocycles. The van der Waals surface area contributed by atoms with Gasteiger partial charge in [-0.25, -0.2) is 0 Å². The Bertz CT molecular complexity index is 12.4. The molecule has 0 saturated carbocycles. The van der Waals surface area contributed by atoms with Crippen molar-refractivity contribution in [2.45, 2.75) is 0 Å². The van der Waals surface area contributed by atoms with Crippen molar-refractivity contribution in [3.63, 3.8) is 0 Å². The third-order valence-electron chi connectivity index (χ3n) is 0. The number of hydrogen-bond donors (Lipinski definition) is 0. The van der Waals surface area contributed by atoms with E-state index >= 15 is 0 Å². The van der Waals surface area contributed by atoms with Crippen LogP contribution in [0.4, 0.5) is 0 Å². The van der Waals surface area contributed by atoms with Crippen LogP contribution in [-0.4, -0.2) is 40.4 Å². The summed E-state index contributed by atoms with van der Waals surface area (Å²) in [5.74, 6) is 0. The van der Waals surface area contributed by atoms with Gasteiger partial charge >= 0.3 is 40.1 Å². The predicted octanol–water partition coefficient (Wildman–Crippen LogP) is -15.7. The Hall–Kier alpha value is 3.27. The molecule has 0 aromatic carbocycles. The molecule has 4 radical (unpaired) electrons. The molecule has 0 atom stereocenters. The molecule has 0 aliphatic rings. The van der Waals surface area contributed by atoms with Gasteiger partial charge in [-0.15, -0.1) is 0 Å². The minimum Gasteiger partial charge on any atom is -1.00 e. The zero-order valence-electron chi connectivity index (χ0n) is 3.53. The van der Waals surface area contributed by atoms with Crippen molar-refractivity contribution in [2.24, 2.45) is 0 Å². The van der Waals surface area contributed by atoms with Crippen LogP contribution in [-0.2, 0) is 17.1 Å². The van der Waals surface area contributed by atoms with Crippen LogP contribution in [0, 0.1) is 0 Å². The van der Waals surface area contributed by atoms with Crippen LogP contribution in [0.1, 0.15) is 0 Å². The largest absolute Gasteiger partial charge is 3.00 e. The van der Waals surface area contributed by atoms with Crippen LogP contribution in [0.25, 0.3) is 0 Å². The molecule has 0 rings (SSSR count). The molecule has 0 bridgehead atoms. The predicted molar refractivity (Wildman–Crippen MR) is 11.5 cm³/mol. The normalized spacial score (nSPS) is 0. The first kappa shape index (κ1) is 111. The first-order chi connectivity index (χ1) is 0. The van der Waals surface area contributed by atoms with Crippen LogP contribution >= 0.6 is 0 Å². The Morgan fingerprint density at radius 3 is 0.500 bits per heavy atom. The summed E-state index contributed by atoms with van der Waals surface area (Å²) < 4.78 is 0. The van der Waals surface area contributed by atoms with Crippen molar-refractivity contribution >= 4 is 40.4 Å². The Morgan fingerprint density at radius 1 is 0.500 bits per heavy atom. The molecule has 0 aliphatic heterocycles. The van der Waals surface area contributed by atoms with E-state index in [1.165, 1.54) is 0 Å². The second kappa shape index (κ2) is 82.6. The molecule has 8 heteroatoms. The van der Waals surface area contributed by atoms with E-state index in [9.17, 15) is 0 Å². The Morgan fingerprint density at radius 2 is 0.500 bits per heavy atom. The van der Waals surface area contributed by atoms with Crippen LogP contribution in [0.2, 0.25) is 0 Å². The second-order valence-corrected chi connectivity index (χ2v) is 0. The van der Waals surface area contributed by atoms with E-state index in [0.717, 1.165) is 0 Å². The molecule has 0 amide bonds. The van der Waals surface area contributed by atoms with Crippen LogP contribution in [0.15, 0.2) is 0 Å². The van der Waals surface area contributed by atoms with Gasteiger partial charge in [0.05, 0.1) is 0 Å². The SMILES string of the molecule is [Al].[Cl-].[Cl-].[Cl-].[Cl-].[Cl-].[Fe+3].[Mg+2]. The quantitative estimate of drug-likeness (QED) is 0.388. The van der Waals surface area contributed by atoms with Gasteiger partial charge in [0.15, 0.2) is 0 Å². The molecule has 0 aromatic heterocycles. The Kier molecular flexibility index (Phi) is 1150. The summed E-state index contributed by atoms with van der Waals surface area (Å²) in [4.78, 5) is 0. The van der Waals surface area contributed by atoms with E-state index in [2.05, 4.69) is 0 Å². The molecule has 0 N–H and O–H groups in total. The average Bonchev–Trinajstić information content (AvgIpc) is 0. The summed E-state index contributed by atoms with van der Waals surface area (Å²) in [7, 11) is 0. The van der Waals surface area contributed by atoms with Crippen LogP contribution in [0.5, 0.6) is 0 Å². The standard InChI is InChI=1S/Al.5ClH.Fe.Mg/h;5*1H;;/q;;;;;;+3;+2/p-5. The van der Waals surface area contributed by atoms with E-state index < -0.39 is 0 Å². The molecule has 0 nitrogen and oxygen atoms in total. The van der Waals surface area contributed by atoms with E-state index in [0.29, 0.717) is 0 Å². The fraction of sp³-hybridized carbons (Fsp3) is 0. The molecule has 0 aromatic rings. The number of hydrogen-bond acceptors (Lipinski definition) is 0. The third kappa shape index (κ3) is 59.3. The van der Waals surface area contributed by atoms with Gasteiger partial charge in [-0.05, 0) is 0 Å². The first-order valence-corrected chi connectivity index (χ1v) is 0. The molecule has 0 fully saturated rings. The second-order valence-electron chi connectivity index (χ2n) is 0. The van der Waals surface area contributed by atoms with Gasteiger partial charge < -0.3 is 62.0 Å². The maximum absolute atomic E-state index is 0. The fourth-order valence-electron chi connectivity index (χ4n) is 0. The van der Waals surface area contributed by atoms with E-state index in [4.69, 9.17) is 0 Å². The topological polar surface area (TPSA) is 0 Å². The molecule has 0 unspecified atom stereocenters. The van der Waals surface area contributed by atoms with Gasteiger partial charge in [0.1, 0.15) is 0 Å². The number of halogens is 5. The smallest absolute Gasteiger partial charge is 1.00 e. The molecule has 0 spiro atoms. The summed E-state index contributed by atoms with van der Waals surface area (Å²) in [5.41, 5.74) is 0. The zero-order valence-corrected chi connectivity index (χ0v) is 11.0. The van der Waals surface area contributed by atoms with Gasteiger partial charge in [-0.2, -0.15) is 0 Å². The van der Waals surface area contributed by atoms with Gasteiger partial charge in [0.2, 0.25) is 0 Å². The molecule has 8 heavy (non-hydrogen) atoms. The van der Waals surface area contributed by atoms with Crippen molar-refractivity contribution in [1.82, 2.24) is 0 Å². The average molecular weight is 284 g/mol. The van der Waals surface area contributed by atoms with Gasteiger partial charge in [-0.1, -0.05) is 0 Å². The van der Waals surface area contributed by atoms with Gasteiger partial charge in [0, 0.05) is 17.4 Å². The first-order valence-electron chi connectivity index (χ1n) is 0. The summed E-state index contributed by atoms with van der Waals surface area (Å²) in [6.07, 6.45) is 0. The van der Waals surface area contributed by atoms with E-state index in [-0.39, 0.29) is 120 Å². The summed E-state index contributed by atoms with van der Waals surface area (Å²) in [6, 6.07) is 0. The maximum Gasteiger partial charge on any atom is 3.00 e. The van der Waals surface area contributed by atoms with E-state index in [1.807, 2.05) is 0 Å². The molecular weight excluding hydrogens is 284 g/mol. The maximum atomic E-state index is 0. The fourth-order valence-corrected chi connectivity index (χ4v) is 0. The number of rotatable bonds is 0. The summed E-state index contributed by atoms with van der Waals surface area (Å²) in [6.45, 7) is 0. The monoisotopic (exact) mass is 282 g/mol. The Balaban J connectivity index is 0. The van der Waals surface area contributed by atoms with Crippen molar-refractivity contribution in [3.8, 4) is 0 Å². The minimum atomic E-state index is 0. The van der Waals surface area contributed by atoms with Gasteiger partial charge in [0.25, 0.3) is 0 Å². The van der Waals surface area contributed by atoms with Crippen molar-refractivity contribution in [1.29, 1.82) is 0 Å². The molecule has 0 saturated heterocycles. The Labute approximate surface area is 118 Å². The third-order valence-corrected chi connectivity index (χ3v) is 0. The van der Waals surface area contributed by atoms with Crippen LogP contribution in [0.3, 0.4) is 0 Å². The molecule has 48 valence electrons. The van der Waals surface area contributed by atoms with Crippen molar-refractivity contribution in [2.75, 3.05) is 0 Å². The minimum absolute atomic E-state index is 0.